The molecular weight excluding hydrogens is 432 g/mol. The number of amides is 1. The van der Waals surface area contributed by atoms with E-state index < -0.39 is 5.91 Å². The Morgan fingerprint density at radius 3 is 2.47 bits per heavy atom. The van der Waals surface area contributed by atoms with Crippen LogP contribution >= 0.6 is 0 Å². The van der Waals surface area contributed by atoms with Crippen molar-refractivity contribution in [3.8, 4) is 28.5 Å². The average molecular weight is 457 g/mol. The number of hydrogen-bond acceptors (Lipinski definition) is 6. The van der Waals surface area contributed by atoms with E-state index in [1.54, 1.807) is 39.5 Å². The minimum absolute atomic E-state index is 0.315. The average Bonchev–Trinajstić information content (AvgIpc) is 3.53. The summed E-state index contributed by atoms with van der Waals surface area (Å²) in [6.07, 6.45) is 3.61. The van der Waals surface area contributed by atoms with Gasteiger partial charge in [0.05, 0.1) is 33.2 Å². The van der Waals surface area contributed by atoms with E-state index in [1.165, 1.54) is 22.7 Å². The minimum Gasteiger partial charge on any atom is -0.496 e. The van der Waals surface area contributed by atoms with Crippen LogP contribution in [0.2, 0.25) is 0 Å². The Kier molecular flexibility index (Phi) is 5.63. The second-order valence-electron chi connectivity index (χ2n) is 7.93. The summed E-state index contributed by atoms with van der Waals surface area (Å²) in [5, 5.41) is 13.7. The summed E-state index contributed by atoms with van der Waals surface area (Å²) in [7, 11) is 4.64. The summed E-state index contributed by atoms with van der Waals surface area (Å²) in [6.45, 7) is 0. The van der Waals surface area contributed by atoms with Crippen LogP contribution in [0, 0.1) is 0 Å². The van der Waals surface area contributed by atoms with E-state index in [4.69, 9.17) is 14.2 Å². The number of methoxy groups -OCH3 is 3. The molecule has 0 saturated carbocycles. The molecule has 0 aliphatic heterocycles. The molecule has 0 saturated heterocycles. The predicted molar refractivity (Wildman–Crippen MR) is 130 cm³/mol. The van der Waals surface area contributed by atoms with Crippen LogP contribution in [0.15, 0.2) is 53.6 Å². The Labute approximate surface area is 196 Å². The fourth-order valence-corrected chi connectivity index (χ4v) is 4.42. The molecule has 34 heavy (non-hydrogen) atoms. The van der Waals surface area contributed by atoms with Crippen LogP contribution < -0.4 is 19.6 Å². The second kappa shape index (κ2) is 8.90. The number of aromatic amines is 1. The van der Waals surface area contributed by atoms with Gasteiger partial charge in [-0.2, -0.15) is 10.2 Å². The highest BCUT2D eigenvalue weighted by atomic mass is 16.5. The van der Waals surface area contributed by atoms with Crippen molar-refractivity contribution in [1.82, 2.24) is 15.6 Å². The summed E-state index contributed by atoms with van der Waals surface area (Å²) >= 11 is 0. The number of hydrogen-bond donors (Lipinski definition) is 2. The molecular formula is C26H24N4O4. The Hall–Kier alpha value is -4.33. The van der Waals surface area contributed by atoms with Crippen LogP contribution in [0.3, 0.4) is 0 Å². The van der Waals surface area contributed by atoms with Crippen LogP contribution in [0.1, 0.15) is 27.2 Å². The zero-order chi connectivity index (χ0) is 23.7. The molecule has 2 N–H and O–H groups in total. The first-order valence-electron chi connectivity index (χ1n) is 10.9. The van der Waals surface area contributed by atoms with Crippen molar-refractivity contribution in [2.24, 2.45) is 5.10 Å². The number of aryl methyl sites for hydroxylation is 2. The van der Waals surface area contributed by atoms with Gasteiger partial charge in [0.15, 0.2) is 11.5 Å². The van der Waals surface area contributed by atoms with Gasteiger partial charge in [-0.1, -0.05) is 30.3 Å². The molecule has 172 valence electrons. The van der Waals surface area contributed by atoms with E-state index in [1.807, 2.05) is 0 Å². The topological polar surface area (TPSA) is 97.8 Å². The molecule has 0 bridgehead atoms. The number of nitrogens with zero attached hydrogens (tertiary/aromatic N) is 2. The van der Waals surface area contributed by atoms with Crippen molar-refractivity contribution >= 4 is 22.9 Å². The van der Waals surface area contributed by atoms with Crippen molar-refractivity contribution in [3.63, 3.8) is 0 Å². The summed E-state index contributed by atoms with van der Waals surface area (Å²) in [5.74, 6) is 1.19. The zero-order valence-corrected chi connectivity index (χ0v) is 19.1. The second-order valence-corrected chi connectivity index (χ2v) is 7.93. The highest BCUT2D eigenvalue weighted by Crippen LogP contribution is 2.37. The van der Waals surface area contributed by atoms with Crippen LogP contribution in [-0.2, 0) is 12.8 Å². The van der Waals surface area contributed by atoms with E-state index in [9.17, 15) is 4.79 Å². The number of carbonyl (C=O) groups is 1. The Morgan fingerprint density at radius 1 is 0.971 bits per heavy atom. The first-order valence-corrected chi connectivity index (χ1v) is 10.9. The molecule has 1 amide bonds. The molecule has 1 heterocycles. The Morgan fingerprint density at radius 2 is 1.71 bits per heavy atom. The standard InChI is InChI=1S/C26H24N4O4/c1-32-22-13-24(34-3)23(33-2)11-17(22)14-27-30-26(31)21-12-20(28-29-21)18-10-9-16-8-7-15-5-4-6-19(18)25(15)16/h4-6,9-14H,7-8H2,1-3H3,(H,28,29)(H,30,31)/b27-14-. The van der Waals surface area contributed by atoms with E-state index in [0.29, 0.717) is 34.2 Å². The van der Waals surface area contributed by atoms with Gasteiger partial charge >= 0.3 is 0 Å². The van der Waals surface area contributed by atoms with Gasteiger partial charge in [0.1, 0.15) is 11.4 Å². The highest BCUT2D eigenvalue weighted by molar-refractivity contribution is 6.02. The van der Waals surface area contributed by atoms with Crippen LogP contribution in [0.5, 0.6) is 17.2 Å². The molecule has 3 aromatic carbocycles. The number of aromatic nitrogens is 2. The number of ether oxygens (including phenoxy) is 3. The van der Waals surface area contributed by atoms with Crippen molar-refractivity contribution in [3.05, 3.63) is 70.9 Å². The van der Waals surface area contributed by atoms with E-state index in [0.717, 1.165) is 23.8 Å². The SMILES string of the molecule is COc1cc(OC)c(OC)cc1/C=N\NC(=O)c1cc(-c2ccc3c4c(cccc24)CC3)n[nH]1. The van der Waals surface area contributed by atoms with Gasteiger partial charge < -0.3 is 14.2 Å². The van der Waals surface area contributed by atoms with Crippen LogP contribution in [0.25, 0.3) is 22.0 Å². The van der Waals surface area contributed by atoms with Crippen LogP contribution in [0.4, 0.5) is 0 Å². The van der Waals surface area contributed by atoms with Gasteiger partial charge in [0.25, 0.3) is 5.91 Å². The lowest BCUT2D eigenvalue weighted by molar-refractivity contribution is 0.0950. The molecule has 4 aromatic rings. The number of nitrogens with one attached hydrogen (secondary N) is 2. The lowest BCUT2D eigenvalue weighted by Crippen LogP contribution is -2.18. The van der Waals surface area contributed by atoms with Crippen molar-refractivity contribution in [1.29, 1.82) is 0 Å². The van der Waals surface area contributed by atoms with E-state index in [2.05, 4.69) is 51.1 Å². The highest BCUT2D eigenvalue weighted by Gasteiger charge is 2.18. The van der Waals surface area contributed by atoms with Gasteiger partial charge in [-0.3, -0.25) is 9.89 Å². The molecule has 0 fully saturated rings. The number of H-pyrrole nitrogens is 1. The largest absolute Gasteiger partial charge is 0.496 e. The van der Waals surface area contributed by atoms with Gasteiger partial charge in [0.2, 0.25) is 0 Å². The molecule has 1 aliphatic carbocycles. The third kappa shape index (κ3) is 3.73. The molecule has 5 rings (SSSR count). The lowest BCUT2D eigenvalue weighted by atomic mass is 9.98. The lowest BCUT2D eigenvalue weighted by Gasteiger charge is -2.11. The summed E-state index contributed by atoms with van der Waals surface area (Å²) in [4.78, 5) is 12.7. The molecule has 8 heteroatoms. The quantitative estimate of drug-likeness (QED) is 0.322. The van der Waals surface area contributed by atoms with Crippen molar-refractivity contribution < 1.29 is 19.0 Å². The van der Waals surface area contributed by atoms with Gasteiger partial charge in [-0.25, -0.2) is 5.43 Å². The molecule has 0 radical (unpaired) electrons. The third-order valence-corrected chi connectivity index (χ3v) is 6.08. The normalized spacial score (nSPS) is 12.3. The molecule has 0 spiro atoms. The number of carbonyl (C=O) groups excluding carboxylic acids is 1. The maximum Gasteiger partial charge on any atom is 0.289 e. The number of benzene rings is 3. The van der Waals surface area contributed by atoms with Gasteiger partial charge in [-0.15, -0.1) is 0 Å². The monoisotopic (exact) mass is 456 g/mol. The first kappa shape index (κ1) is 21.5. The Balaban J connectivity index is 1.36. The van der Waals surface area contributed by atoms with E-state index in [-0.39, 0.29) is 0 Å². The maximum absolute atomic E-state index is 12.7. The molecule has 1 aromatic heterocycles. The first-order chi connectivity index (χ1) is 16.6. The fraction of sp³-hybridized carbons (Fsp3) is 0.192. The Bertz CT molecular complexity index is 1410. The third-order valence-electron chi connectivity index (χ3n) is 6.08. The summed E-state index contributed by atoms with van der Waals surface area (Å²) < 4.78 is 16.0. The fourth-order valence-electron chi connectivity index (χ4n) is 4.42. The summed E-state index contributed by atoms with van der Waals surface area (Å²) in [6, 6.07) is 15.7. The van der Waals surface area contributed by atoms with Crippen molar-refractivity contribution in [2.45, 2.75) is 12.8 Å². The molecule has 0 unspecified atom stereocenters. The molecule has 1 aliphatic rings. The molecule has 0 atom stereocenters. The van der Waals surface area contributed by atoms with Gasteiger partial charge in [-0.05, 0) is 46.9 Å². The summed E-state index contributed by atoms with van der Waals surface area (Å²) in [5.41, 5.74) is 7.90. The number of rotatable bonds is 7. The molecule has 8 nitrogen and oxygen atoms in total. The smallest absolute Gasteiger partial charge is 0.289 e. The zero-order valence-electron chi connectivity index (χ0n) is 19.1. The van der Waals surface area contributed by atoms with Gasteiger partial charge in [0, 0.05) is 17.2 Å². The van der Waals surface area contributed by atoms with Crippen molar-refractivity contribution in [2.75, 3.05) is 21.3 Å². The number of hydrazone groups is 1. The van der Waals surface area contributed by atoms with Crippen LogP contribution in [-0.4, -0.2) is 43.6 Å². The predicted octanol–water partition coefficient (Wildman–Crippen LogP) is 4.12. The van der Waals surface area contributed by atoms with E-state index >= 15 is 0 Å². The minimum atomic E-state index is -0.402. The maximum atomic E-state index is 12.7.